The van der Waals surface area contributed by atoms with Gasteiger partial charge in [0.25, 0.3) is 0 Å². The number of carbonyl (C=O) groups is 3. The van der Waals surface area contributed by atoms with Crippen LogP contribution in [0.3, 0.4) is 0 Å². The average Bonchev–Trinajstić information content (AvgIpc) is 3.27. The number of aliphatic carboxylic acids is 1. The van der Waals surface area contributed by atoms with E-state index in [1.165, 1.54) is 83.5 Å². The SMILES string of the molecule is CC/C=C/C/C=C/C/C=C/C/C=C/C/C=C/C/C=C/CCCCC(=O)OCC(COCCC(C(=O)O)[N+](C)(C)C)OC(=O)CCCCCCCCCCCC/C=C/C=C/CCCCCC. The number of carboxylic acid groups (broad SMARTS) is 1. The van der Waals surface area contributed by atoms with Gasteiger partial charge < -0.3 is 23.8 Å². The first kappa shape index (κ1) is 61.2. The maximum atomic E-state index is 12.8. The Bertz CT molecular complexity index is 1380. The topological polar surface area (TPSA) is 99.1 Å². The molecule has 2 unspecified atom stereocenters. The van der Waals surface area contributed by atoms with Gasteiger partial charge in [0.1, 0.15) is 6.61 Å². The van der Waals surface area contributed by atoms with Gasteiger partial charge in [0.15, 0.2) is 12.1 Å². The van der Waals surface area contributed by atoms with E-state index >= 15 is 0 Å². The fraction of sp³-hybridized carbons (Fsp3) is 0.667. The number of rotatable bonds is 45. The molecule has 0 aromatic rings. The lowest BCUT2D eigenvalue weighted by atomic mass is 10.1. The highest BCUT2D eigenvalue weighted by molar-refractivity contribution is 5.72. The van der Waals surface area contributed by atoms with Gasteiger partial charge in [-0.1, -0.05) is 182 Å². The van der Waals surface area contributed by atoms with Crippen LogP contribution in [0.15, 0.2) is 97.2 Å². The van der Waals surface area contributed by atoms with Gasteiger partial charge in [-0.05, 0) is 89.9 Å². The van der Waals surface area contributed by atoms with Crippen molar-refractivity contribution in [3.8, 4) is 0 Å². The van der Waals surface area contributed by atoms with Crippen molar-refractivity contribution >= 4 is 17.9 Å². The summed E-state index contributed by atoms with van der Waals surface area (Å²) in [6, 6.07) is -0.628. The zero-order chi connectivity index (χ0) is 47.7. The van der Waals surface area contributed by atoms with Crippen molar-refractivity contribution in [2.24, 2.45) is 0 Å². The minimum absolute atomic E-state index is 0.0402. The van der Waals surface area contributed by atoms with Crippen molar-refractivity contribution < 1.29 is 38.2 Å². The van der Waals surface area contributed by atoms with Crippen LogP contribution in [0, 0.1) is 0 Å². The number of carbonyl (C=O) groups excluding carboxylic acids is 2. The van der Waals surface area contributed by atoms with Crippen LogP contribution in [0.2, 0.25) is 0 Å². The van der Waals surface area contributed by atoms with Crippen molar-refractivity contribution in [3.05, 3.63) is 97.2 Å². The molecule has 0 amide bonds. The number of likely N-dealkylation sites (N-methyl/N-ethyl adjacent to an activating group) is 1. The first-order valence-electron chi connectivity index (χ1n) is 25.8. The Balaban J connectivity index is 4.35. The molecule has 0 aromatic heterocycles. The second-order valence-electron chi connectivity index (χ2n) is 18.1. The Kier molecular flexibility index (Phi) is 44.1. The number of allylic oxidation sites excluding steroid dienone is 16. The third kappa shape index (κ3) is 45.2. The van der Waals surface area contributed by atoms with E-state index in [0.717, 1.165) is 70.6 Å². The van der Waals surface area contributed by atoms with Crippen LogP contribution < -0.4 is 0 Å². The molecule has 65 heavy (non-hydrogen) atoms. The lowest BCUT2D eigenvalue weighted by molar-refractivity contribution is -0.887. The molecule has 0 fully saturated rings. The molecule has 0 aliphatic heterocycles. The van der Waals surface area contributed by atoms with E-state index in [1.54, 1.807) is 0 Å². The second-order valence-corrected chi connectivity index (χ2v) is 18.1. The number of unbranched alkanes of at least 4 members (excludes halogenated alkanes) is 16. The first-order valence-corrected chi connectivity index (χ1v) is 25.8. The Morgan fingerprint density at radius 2 is 0.908 bits per heavy atom. The number of quaternary nitrogens is 1. The number of carboxylic acids is 1. The maximum absolute atomic E-state index is 12.8. The zero-order valence-corrected chi connectivity index (χ0v) is 42.2. The van der Waals surface area contributed by atoms with E-state index in [9.17, 15) is 19.5 Å². The summed E-state index contributed by atoms with van der Waals surface area (Å²) >= 11 is 0. The Hall–Kier alpha value is -3.75. The Labute approximate surface area is 398 Å². The van der Waals surface area contributed by atoms with Crippen LogP contribution in [0.1, 0.15) is 194 Å². The molecule has 0 aromatic carbocycles. The molecule has 1 N–H and O–H groups in total. The second kappa shape index (κ2) is 46.8. The molecule has 0 aliphatic carbocycles. The molecule has 0 radical (unpaired) electrons. The number of hydrogen-bond donors (Lipinski definition) is 1. The molecule has 0 saturated carbocycles. The highest BCUT2D eigenvalue weighted by atomic mass is 16.6. The summed E-state index contributed by atoms with van der Waals surface area (Å²) in [6.45, 7) is 4.55. The van der Waals surface area contributed by atoms with Gasteiger partial charge >= 0.3 is 17.9 Å². The standard InChI is InChI=1S/C57H95NO7/c1-6-8-10-12-14-16-18-20-22-24-26-28-30-31-33-35-37-39-41-43-45-47-55(59)64-52-53(51-63-50-49-54(57(61)62)58(3,4)5)65-56(60)48-46-44-42-40-38-36-34-32-29-27-25-23-21-19-17-15-13-11-9-7-2/h8,10,14,16-17,19-23,26,28,31,33,37,39,53-54H,6-7,9,11-13,15,18,24-25,27,29-30,32,34-36,38,40-52H2,1-5H3/p+1/b10-8+,16-14+,19-17+,22-20+,23-21+,28-26+,33-31+,39-37+. The number of nitrogens with zero attached hydrogens (tertiary/aromatic N) is 1. The van der Waals surface area contributed by atoms with E-state index in [-0.39, 0.29) is 36.2 Å². The molecule has 0 saturated heterocycles. The Morgan fingerprint density at radius 3 is 1.40 bits per heavy atom. The van der Waals surface area contributed by atoms with Crippen LogP contribution in [0.25, 0.3) is 0 Å². The lowest BCUT2D eigenvalue weighted by Crippen LogP contribution is -2.50. The van der Waals surface area contributed by atoms with Crippen molar-refractivity contribution in [2.45, 2.75) is 206 Å². The normalized spacial score (nSPS) is 13.7. The van der Waals surface area contributed by atoms with Crippen LogP contribution in [0.4, 0.5) is 0 Å². The van der Waals surface area contributed by atoms with Crippen LogP contribution >= 0.6 is 0 Å². The highest BCUT2D eigenvalue weighted by Gasteiger charge is 2.31. The smallest absolute Gasteiger partial charge is 0.362 e. The molecular formula is C57H96NO7+. The maximum Gasteiger partial charge on any atom is 0.362 e. The molecule has 8 heteroatoms. The minimum atomic E-state index is -0.885. The van der Waals surface area contributed by atoms with E-state index < -0.39 is 18.1 Å². The quantitative estimate of drug-likeness (QED) is 0.0214. The van der Waals surface area contributed by atoms with Gasteiger partial charge in [-0.15, -0.1) is 0 Å². The first-order chi connectivity index (χ1) is 31.6. The van der Waals surface area contributed by atoms with Gasteiger partial charge in [0.05, 0.1) is 34.4 Å². The van der Waals surface area contributed by atoms with E-state index in [4.69, 9.17) is 14.2 Å². The number of esters is 2. The van der Waals surface area contributed by atoms with Crippen LogP contribution in [-0.4, -0.2) is 80.6 Å². The van der Waals surface area contributed by atoms with Crippen molar-refractivity contribution in [1.82, 2.24) is 0 Å². The summed E-state index contributed by atoms with van der Waals surface area (Å²) < 4.78 is 17.3. The van der Waals surface area contributed by atoms with E-state index in [2.05, 4.69) is 111 Å². The van der Waals surface area contributed by atoms with Crippen molar-refractivity contribution in [2.75, 3.05) is 41.0 Å². The monoisotopic (exact) mass is 907 g/mol. The van der Waals surface area contributed by atoms with E-state index in [0.29, 0.717) is 25.7 Å². The summed E-state index contributed by atoms with van der Waals surface area (Å²) in [7, 11) is 5.51. The minimum Gasteiger partial charge on any atom is -0.477 e. The van der Waals surface area contributed by atoms with Crippen LogP contribution in [-0.2, 0) is 28.6 Å². The largest absolute Gasteiger partial charge is 0.477 e. The predicted octanol–water partition coefficient (Wildman–Crippen LogP) is 15.0. The average molecular weight is 907 g/mol. The third-order valence-corrected chi connectivity index (χ3v) is 11.0. The van der Waals surface area contributed by atoms with Gasteiger partial charge in [0.2, 0.25) is 0 Å². The summed E-state index contributed by atoms with van der Waals surface area (Å²) in [5.41, 5.74) is 0. The molecule has 0 spiro atoms. The Morgan fingerprint density at radius 1 is 0.492 bits per heavy atom. The molecule has 0 aliphatic rings. The lowest BCUT2D eigenvalue weighted by Gasteiger charge is -2.31. The molecule has 0 bridgehead atoms. The molecule has 0 rings (SSSR count). The van der Waals surface area contributed by atoms with Crippen molar-refractivity contribution in [3.63, 3.8) is 0 Å². The number of hydrogen-bond acceptors (Lipinski definition) is 6. The van der Waals surface area contributed by atoms with E-state index in [1.807, 2.05) is 21.1 Å². The third-order valence-electron chi connectivity index (χ3n) is 11.0. The fourth-order valence-corrected chi connectivity index (χ4v) is 7.03. The molecule has 0 heterocycles. The zero-order valence-electron chi connectivity index (χ0n) is 42.2. The van der Waals surface area contributed by atoms with Crippen molar-refractivity contribution in [1.29, 1.82) is 0 Å². The van der Waals surface area contributed by atoms with Gasteiger partial charge in [-0.2, -0.15) is 0 Å². The molecule has 8 nitrogen and oxygen atoms in total. The summed E-state index contributed by atoms with van der Waals surface area (Å²) in [5.74, 6) is -1.53. The molecule has 2 atom stereocenters. The van der Waals surface area contributed by atoms with Gasteiger partial charge in [0, 0.05) is 19.3 Å². The van der Waals surface area contributed by atoms with Crippen LogP contribution in [0.5, 0.6) is 0 Å². The predicted molar refractivity (Wildman–Crippen MR) is 275 cm³/mol. The highest BCUT2D eigenvalue weighted by Crippen LogP contribution is 2.14. The fourth-order valence-electron chi connectivity index (χ4n) is 7.03. The van der Waals surface area contributed by atoms with Gasteiger partial charge in [-0.25, -0.2) is 4.79 Å². The van der Waals surface area contributed by atoms with Gasteiger partial charge in [-0.3, -0.25) is 9.59 Å². The summed E-state index contributed by atoms with van der Waals surface area (Å²) in [6.07, 6.45) is 63.1. The molecule has 370 valence electrons. The molecular weight excluding hydrogens is 811 g/mol. The number of ether oxygens (including phenoxy) is 3. The summed E-state index contributed by atoms with van der Waals surface area (Å²) in [5, 5.41) is 9.66. The summed E-state index contributed by atoms with van der Waals surface area (Å²) in [4.78, 5) is 37.2.